The average molecular weight is 1010 g/mol. The number of rotatable bonds is 44. The highest BCUT2D eigenvalue weighted by atomic mass is 16.6. The van der Waals surface area contributed by atoms with Crippen LogP contribution in [0, 0.1) is 5.92 Å². The molecule has 1 saturated heterocycles. The van der Waals surface area contributed by atoms with Crippen LogP contribution in [0.5, 0.6) is 0 Å². The van der Waals surface area contributed by atoms with E-state index in [1.807, 2.05) is 6.92 Å². The van der Waals surface area contributed by atoms with Gasteiger partial charge in [-0.3, -0.25) is 43.4 Å². The Balaban J connectivity index is 0.000000724. The highest BCUT2D eigenvalue weighted by molar-refractivity contribution is 5.85. The van der Waals surface area contributed by atoms with Gasteiger partial charge in [-0.1, -0.05) is 169 Å². The van der Waals surface area contributed by atoms with Crippen molar-refractivity contribution >= 4 is 41.5 Å². The van der Waals surface area contributed by atoms with Crippen molar-refractivity contribution in [3.8, 4) is 0 Å². The third kappa shape index (κ3) is 34.5. The summed E-state index contributed by atoms with van der Waals surface area (Å²) in [4.78, 5) is 91.1. The second kappa shape index (κ2) is 43.9. The van der Waals surface area contributed by atoms with Gasteiger partial charge in [0.05, 0.1) is 71.7 Å². The molecule has 15 heteroatoms. The number of carbonyl (C=O) groups is 7. The topological polar surface area (TPSA) is 175 Å². The minimum absolute atomic E-state index is 0.0306. The van der Waals surface area contributed by atoms with E-state index in [9.17, 15) is 33.6 Å². The molecule has 1 amide bonds. The van der Waals surface area contributed by atoms with Gasteiger partial charge in [0.15, 0.2) is 0 Å². The molecule has 412 valence electrons. The van der Waals surface area contributed by atoms with Crippen molar-refractivity contribution in [1.82, 2.24) is 14.7 Å². The molecule has 1 aliphatic heterocycles. The quantitative estimate of drug-likeness (QED) is 0.0320. The lowest BCUT2D eigenvalue weighted by molar-refractivity contribution is -0.159. The third-order valence-corrected chi connectivity index (χ3v) is 13.3. The first kappa shape index (κ1) is 65.4. The first-order chi connectivity index (χ1) is 34.4. The normalized spacial score (nSPS) is 15.3. The molecule has 2 fully saturated rings. The number of carbonyl (C=O) groups excluding carboxylic acids is 7. The van der Waals surface area contributed by atoms with Gasteiger partial charge in [0.25, 0.3) is 0 Å². The highest BCUT2D eigenvalue weighted by Crippen LogP contribution is 2.29. The monoisotopic (exact) mass is 1010 g/mol. The van der Waals surface area contributed by atoms with Crippen LogP contribution in [0.25, 0.3) is 0 Å². The number of likely N-dealkylation sites (tertiary alicyclic amines) is 1. The molecule has 0 aromatic carbocycles. The molecule has 71 heavy (non-hydrogen) atoms. The summed E-state index contributed by atoms with van der Waals surface area (Å²) in [6.45, 7) is 13.2. The van der Waals surface area contributed by atoms with Crippen LogP contribution in [0.2, 0.25) is 0 Å². The lowest BCUT2D eigenvalue weighted by Crippen LogP contribution is -2.59. The molecule has 2 unspecified atom stereocenters. The molecular formula is C56H101N3O12. The maximum atomic E-state index is 12.6. The highest BCUT2D eigenvalue weighted by Gasteiger charge is 2.39. The molecule has 0 aromatic heterocycles. The van der Waals surface area contributed by atoms with Crippen LogP contribution in [0.4, 0.5) is 0 Å². The molecule has 2 atom stereocenters. The molecule has 0 radical (unpaired) electrons. The van der Waals surface area contributed by atoms with Gasteiger partial charge in [0.1, 0.15) is 12.4 Å². The maximum Gasteiger partial charge on any atom is 0.320 e. The predicted octanol–water partition coefficient (Wildman–Crippen LogP) is 10.5. The van der Waals surface area contributed by atoms with E-state index < -0.39 is 17.9 Å². The van der Waals surface area contributed by atoms with Crippen LogP contribution in [0.15, 0.2) is 0 Å². The van der Waals surface area contributed by atoms with E-state index in [0.717, 1.165) is 109 Å². The van der Waals surface area contributed by atoms with Crippen molar-refractivity contribution in [2.45, 2.75) is 240 Å². The Hall–Kier alpha value is -3.59. The Bertz CT molecular complexity index is 1380. The molecule has 0 aromatic rings. The molecule has 0 bridgehead atoms. The van der Waals surface area contributed by atoms with Crippen molar-refractivity contribution in [1.29, 1.82) is 0 Å². The van der Waals surface area contributed by atoms with Crippen LogP contribution < -0.4 is 0 Å². The molecule has 0 N–H and O–H groups in total. The predicted molar refractivity (Wildman–Crippen MR) is 279 cm³/mol. The fourth-order valence-corrected chi connectivity index (χ4v) is 8.75. The van der Waals surface area contributed by atoms with E-state index in [0.29, 0.717) is 26.4 Å². The average Bonchev–Trinajstić information content (AvgIpc) is 3.29. The molecule has 1 aliphatic carbocycles. The van der Waals surface area contributed by atoms with Crippen molar-refractivity contribution < 1.29 is 57.2 Å². The van der Waals surface area contributed by atoms with Crippen molar-refractivity contribution in [3.63, 3.8) is 0 Å². The zero-order valence-corrected chi connectivity index (χ0v) is 45.8. The first-order valence-corrected chi connectivity index (χ1v) is 28.4. The van der Waals surface area contributed by atoms with Crippen LogP contribution >= 0.6 is 0 Å². The fraction of sp³-hybridized carbons (Fsp3) is 0.875. The summed E-state index contributed by atoms with van der Waals surface area (Å²) in [5.41, 5.74) is 0. The van der Waals surface area contributed by atoms with Gasteiger partial charge in [-0.2, -0.15) is 0 Å². The van der Waals surface area contributed by atoms with E-state index in [1.54, 1.807) is 9.80 Å². The zero-order chi connectivity index (χ0) is 52.3. The zero-order valence-electron chi connectivity index (χ0n) is 45.8. The summed E-state index contributed by atoms with van der Waals surface area (Å²) in [5, 5.41) is 0. The van der Waals surface area contributed by atoms with Crippen LogP contribution in [-0.4, -0.2) is 141 Å². The Labute approximate surface area is 430 Å². The fourth-order valence-electron chi connectivity index (χ4n) is 8.75. The molecule has 2 rings (SSSR count). The summed E-state index contributed by atoms with van der Waals surface area (Å²) in [6, 6.07) is 0.0555. The van der Waals surface area contributed by atoms with E-state index in [4.69, 9.17) is 23.7 Å². The number of hydrogen-bond acceptors (Lipinski definition) is 14. The standard InChI is InChI=1S/C30H54N2O7.C26H47NO5/c1-5-8-10-12-14-16-18-37-28(34)21-31(22-29(35)38-19-17-15-13-11-9-6-2)23-30(36)39-24-27-20-26(7-3)32(27)25(4)33;1-3-5-7-9-11-13-18-31-25(29)21-27(20-24(28)23-16-15-17-23)22-26(30)32-19-14-12-10-8-6-4-2/h26-27H,5-24H2,1-4H3;23H,3-22H2,1-2H3. The van der Waals surface area contributed by atoms with E-state index >= 15 is 0 Å². The minimum Gasteiger partial charge on any atom is -0.465 e. The number of unbranched alkanes of at least 4 members (excludes halogenated alkanes) is 20. The largest absolute Gasteiger partial charge is 0.465 e. The summed E-state index contributed by atoms with van der Waals surface area (Å²) in [6.07, 6.45) is 31.1. The summed E-state index contributed by atoms with van der Waals surface area (Å²) in [5.74, 6) is -2.09. The summed E-state index contributed by atoms with van der Waals surface area (Å²) in [7, 11) is 0. The number of amides is 1. The number of hydrogen-bond donors (Lipinski definition) is 0. The molecule has 1 saturated carbocycles. The number of Topliss-reactive ketones (excluding diaryl/α,β-unsaturated/α-hetero) is 1. The van der Waals surface area contributed by atoms with E-state index in [1.165, 1.54) is 88.9 Å². The first-order valence-electron chi connectivity index (χ1n) is 28.4. The van der Waals surface area contributed by atoms with Crippen molar-refractivity contribution in [2.24, 2.45) is 5.92 Å². The van der Waals surface area contributed by atoms with Gasteiger partial charge in [-0.25, -0.2) is 0 Å². The minimum atomic E-state index is -0.550. The molecule has 1 heterocycles. The van der Waals surface area contributed by atoms with Crippen LogP contribution in [0.1, 0.15) is 228 Å². The Morgan fingerprint density at radius 1 is 0.408 bits per heavy atom. The second-order valence-electron chi connectivity index (χ2n) is 19.9. The summed E-state index contributed by atoms with van der Waals surface area (Å²) >= 11 is 0. The molecule has 0 spiro atoms. The van der Waals surface area contributed by atoms with E-state index in [-0.39, 0.29) is 87.5 Å². The Morgan fingerprint density at radius 3 is 1.01 bits per heavy atom. The Morgan fingerprint density at radius 2 is 0.718 bits per heavy atom. The van der Waals surface area contributed by atoms with Crippen LogP contribution in [-0.2, 0) is 57.2 Å². The number of esters is 5. The summed E-state index contributed by atoms with van der Waals surface area (Å²) < 4.78 is 26.8. The second-order valence-corrected chi connectivity index (χ2v) is 19.9. The molecular weight excluding hydrogens is 907 g/mol. The van der Waals surface area contributed by atoms with Gasteiger partial charge >= 0.3 is 29.8 Å². The lowest BCUT2D eigenvalue weighted by atomic mass is 9.82. The van der Waals surface area contributed by atoms with Gasteiger partial charge in [-0.05, 0) is 51.4 Å². The maximum absolute atomic E-state index is 12.6. The SMILES string of the molecule is CCCCCCCCOC(=O)CN(CC(=O)OCCCCCCCC)CC(=O)C1CCC1.CCCCCCCCOC(=O)CN(CC(=O)OCCCCCCCC)CC(=O)OCC1CC(CC)N1C(C)=O. The van der Waals surface area contributed by atoms with Gasteiger partial charge < -0.3 is 28.6 Å². The van der Waals surface area contributed by atoms with E-state index in [2.05, 4.69) is 27.7 Å². The van der Waals surface area contributed by atoms with Gasteiger partial charge in [0.2, 0.25) is 5.91 Å². The van der Waals surface area contributed by atoms with Crippen LogP contribution in [0.3, 0.4) is 0 Å². The number of ketones is 1. The number of ether oxygens (including phenoxy) is 5. The lowest BCUT2D eigenvalue weighted by Gasteiger charge is -2.47. The smallest absolute Gasteiger partial charge is 0.320 e. The number of nitrogens with zero attached hydrogens (tertiary/aromatic N) is 3. The van der Waals surface area contributed by atoms with Crippen molar-refractivity contribution in [2.75, 3.05) is 72.3 Å². The van der Waals surface area contributed by atoms with Gasteiger partial charge in [0, 0.05) is 18.9 Å². The van der Waals surface area contributed by atoms with Gasteiger partial charge in [-0.15, -0.1) is 0 Å². The van der Waals surface area contributed by atoms with Crippen molar-refractivity contribution in [3.05, 3.63) is 0 Å². The molecule has 2 aliphatic rings. The molecule has 15 nitrogen and oxygen atoms in total. The Kier molecular flexibility index (Phi) is 40.5. The third-order valence-electron chi connectivity index (χ3n) is 13.3.